The number of ether oxygens (including phenoxy) is 1. The molecule has 3 rings (SSSR count). The summed E-state index contributed by atoms with van der Waals surface area (Å²) >= 11 is 0. The van der Waals surface area contributed by atoms with E-state index in [0.29, 0.717) is 0 Å². The summed E-state index contributed by atoms with van der Waals surface area (Å²) in [6, 6.07) is 12.3. The highest BCUT2D eigenvalue weighted by Gasteiger charge is 2.20. The molecule has 0 heterocycles. The van der Waals surface area contributed by atoms with Crippen molar-refractivity contribution in [3.63, 3.8) is 0 Å². The molecule has 0 saturated carbocycles. The molecule has 0 amide bonds. The van der Waals surface area contributed by atoms with E-state index in [4.69, 9.17) is 4.74 Å². The molecule has 1 aliphatic rings. The zero-order valence-electron chi connectivity index (χ0n) is 11.7. The van der Waals surface area contributed by atoms with Gasteiger partial charge in [-0.1, -0.05) is 36.4 Å². The Balaban J connectivity index is 2.03. The number of allylic oxidation sites excluding steroid dienone is 1. The van der Waals surface area contributed by atoms with Crippen LogP contribution in [0, 0.1) is 5.82 Å². The van der Waals surface area contributed by atoms with Crippen LogP contribution in [-0.2, 0) is 11.2 Å². The topological polar surface area (TPSA) is 26.3 Å². The Morgan fingerprint density at radius 1 is 1.24 bits per heavy atom. The van der Waals surface area contributed by atoms with Crippen LogP contribution in [-0.4, -0.2) is 12.6 Å². The number of benzene rings is 2. The predicted octanol–water partition coefficient (Wildman–Crippen LogP) is 4.10. The van der Waals surface area contributed by atoms with Gasteiger partial charge >= 0.3 is 5.97 Å². The van der Waals surface area contributed by atoms with Crippen molar-refractivity contribution >= 4 is 17.6 Å². The maximum absolute atomic E-state index is 13.5. The largest absolute Gasteiger partial charge is 0.462 e. The van der Waals surface area contributed by atoms with E-state index in [-0.39, 0.29) is 12.2 Å². The first-order valence-corrected chi connectivity index (χ1v) is 6.94. The Hall–Kier alpha value is -2.42. The summed E-state index contributed by atoms with van der Waals surface area (Å²) in [6.45, 7) is 2.01. The van der Waals surface area contributed by atoms with E-state index < -0.39 is 11.8 Å². The highest BCUT2D eigenvalue weighted by molar-refractivity contribution is 5.99. The van der Waals surface area contributed by atoms with E-state index in [0.717, 1.165) is 23.1 Å². The number of carbonyl (C=O) groups excluding carboxylic acids is 1. The lowest BCUT2D eigenvalue weighted by atomic mass is 9.98. The molecule has 0 spiro atoms. The highest BCUT2D eigenvalue weighted by atomic mass is 19.1. The lowest BCUT2D eigenvalue weighted by molar-refractivity contribution is 0.0525. The summed E-state index contributed by atoms with van der Waals surface area (Å²) in [5.41, 5.74) is 4.40. The zero-order chi connectivity index (χ0) is 14.8. The molecule has 2 aromatic carbocycles. The lowest BCUT2D eigenvalue weighted by Crippen LogP contribution is -2.08. The van der Waals surface area contributed by atoms with E-state index in [1.165, 1.54) is 17.7 Å². The molecule has 3 heteroatoms. The van der Waals surface area contributed by atoms with Gasteiger partial charge in [-0.2, -0.15) is 0 Å². The van der Waals surface area contributed by atoms with Crippen LogP contribution in [0.15, 0.2) is 42.5 Å². The van der Waals surface area contributed by atoms with Crippen LogP contribution >= 0.6 is 0 Å². The number of fused-ring (bicyclic) bond motifs is 1. The molecule has 0 atom stereocenters. The molecule has 0 saturated heterocycles. The third-order valence-corrected chi connectivity index (χ3v) is 3.59. The minimum Gasteiger partial charge on any atom is -0.462 e. The van der Waals surface area contributed by atoms with Crippen molar-refractivity contribution in [3.8, 4) is 0 Å². The van der Waals surface area contributed by atoms with Crippen molar-refractivity contribution in [1.29, 1.82) is 0 Å². The zero-order valence-corrected chi connectivity index (χ0v) is 11.7. The monoisotopic (exact) mass is 282 g/mol. The third kappa shape index (κ3) is 2.59. The fraction of sp³-hybridized carbons (Fsp3) is 0.167. The Morgan fingerprint density at radius 3 is 2.81 bits per heavy atom. The minimum absolute atomic E-state index is 0.272. The molecule has 1 aliphatic carbocycles. The van der Waals surface area contributed by atoms with Crippen LogP contribution in [0.25, 0.3) is 11.6 Å². The van der Waals surface area contributed by atoms with Gasteiger partial charge in [-0.25, -0.2) is 9.18 Å². The van der Waals surface area contributed by atoms with Crippen molar-refractivity contribution in [2.75, 3.05) is 6.61 Å². The second kappa shape index (κ2) is 5.52. The Bertz CT molecular complexity index is 732. The Labute approximate surface area is 122 Å². The molecule has 0 radical (unpaired) electrons. The van der Waals surface area contributed by atoms with Crippen LogP contribution in [0.5, 0.6) is 0 Å². The lowest BCUT2D eigenvalue weighted by Gasteiger charge is -2.10. The van der Waals surface area contributed by atoms with Crippen LogP contribution in [0.1, 0.15) is 34.0 Å². The van der Waals surface area contributed by atoms with Crippen molar-refractivity contribution in [2.24, 2.45) is 0 Å². The summed E-state index contributed by atoms with van der Waals surface area (Å²) in [7, 11) is 0. The number of carbonyl (C=O) groups is 1. The first kappa shape index (κ1) is 13.6. The van der Waals surface area contributed by atoms with Gasteiger partial charge in [0.15, 0.2) is 0 Å². The Morgan fingerprint density at radius 2 is 2.05 bits per heavy atom. The van der Waals surface area contributed by atoms with E-state index in [1.807, 2.05) is 24.3 Å². The summed E-state index contributed by atoms with van der Waals surface area (Å²) in [5.74, 6) is -0.915. The third-order valence-electron chi connectivity index (χ3n) is 3.59. The molecule has 106 valence electrons. The maximum Gasteiger partial charge on any atom is 0.338 e. The molecule has 2 nitrogen and oxygen atoms in total. The first-order chi connectivity index (χ1) is 10.2. The molecule has 0 aliphatic heterocycles. The highest BCUT2D eigenvalue weighted by Crippen LogP contribution is 2.33. The first-order valence-electron chi connectivity index (χ1n) is 6.94. The molecule has 0 N–H and O–H groups in total. The average molecular weight is 282 g/mol. The predicted molar refractivity (Wildman–Crippen MR) is 80.4 cm³/mol. The molecule has 0 aromatic heterocycles. The van der Waals surface area contributed by atoms with Crippen LogP contribution in [0.2, 0.25) is 0 Å². The Kier molecular flexibility index (Phi) is 3.57. The van der Waals surface area contributed by atoms with Crippen molar-refractivity contribution in [1.82, 2.24) is 0 Å². The van der Waals surface area contributed by atoms with Crippen molar-refractivity contribution in [3.05, 3.63) is 70.5 Å². The van der Waals surface area contributed by atoms with E-state index >= 15 is 0 Å². The van der Waals surface area contributed by atoms with Gasteiger partial charge in [0.25, 0.3) is 0 Å². The molecule has 0 bridgehead atoms. The fourth-order valence-corrected chi connectivity index (χ4v) is 2.63. The number of esters is 1. The second-order valence-corrected chi connectivity index (χ2v) is 4.96. The number of halogens is 1. The molecular weight excluding hydrogens is 267 g/mol. The van der Waals surface area contributed by atoms with E-state index in [9.17, 15) is 9.18 Å². The van der Waals surface area contributed by atoms with Gasteiger partial charge in [0.2, 0.25) is 0 Å². The standard InChI is InChI=1S/C18H15FO2/c1-2-21-18(20)17-11-15(19)7-8-16(17)14-9-12-5-3-4-6-13(12)10-14/h3-9,11H,2,10H2,1H3. The van der Waals surface area contributed by atoms with Gasteiger partial charge < -0.3 is 4.74 Å². The van der Waals surface area contributed by atoms with Crippen LogP contribution in [0.3, 0.4) is 0 Å². The van der Waals surface area contributed by atoms with E-state index in [1.54, 1.807) is 13.0 Å². The average Bonchev–Trinajstić information content (AvgIpc) is 2.91. The molecule has 0 unspecified atom stereocenters. The van der Waals surface area contributed by atoms with Gasteiger partial charge in [-0.3, -0.25) is 0 Å². The molecule has 21 heavy (non-hydrogen) atoms. The SMILES string of the molecule is CCOC(=O)c1cc(F)ccc1C1=Cc2ccccc2C1. The normalized spacial score (nSPS) is 12.8. The van der Waals surface area contributed by atoms with Gasteiger partial charge in [0, 0.05) is 0 Å². The van der Waals surface area contributed by atoms with Crippen molar-refractivity contribution < 1.29 is 13.9 Å². The second-order valence-electron chi connectivity index (χ2n) is 4.96. The summed E-state index contributed by atoms with van der Waals surface area (Å²) in [6.07, 6.45) is 2.79. The smallest absolute Gasteiger partial charge is 0.338 e. The minimum atomic E-state index is -0.483. The number of hydrogen-bond acceptors (Lipinski definition) is 2. The fourth-order valence-electron chi connectivity index (χ4n) is 2.63. The number of rotatable bonds is 3. The van der Waals surface area contributed by atoms with Gasteiger partial charge in [-0.05, 0) is 47.7 Å². The maximum atomic E-state index is 13.5. The summed E-state index contributed by atoms with van der Waals surface area (Å²) < 4.78 is 18.5. The van der Waals surface area contributed by atoms with Gasteiger partial charge in [0.05, 0.1) is 12.2 Å². The molecule has 2 aromatic rings. The quantitative estimate of drug-likeness (QED) is 0.792. The van der Waals surface area contributed by atoms with Crippen LogP contribution in [0.4, 0.5) is 4.39 Å². The van der Waals surface area contributed by atoms with Crippen LogP contribution < -0.4 is 0 Å². The molecule has 0 fully saturated rings. The molecular formula is C18H15FO2. The van der Waals surface area contributed by atoms with Gasteiger partial charge in [0.1, 0.15) is 5.82 Å². The summed E-state index contributed by atoms with van der Waals surface area (Å²) in [4.78, 5) is 12.0. The number of hydrogen-bond donors (Lipinski definition) is 0. The van der Waals surface area contributed by atoms with Crippen molar-refractivity contribution in [2.45, 2.75) is 13.3 Å². The van der Waals surface area contributed by atoms with E-state index in [2.05, 4.69) is 6.07 Å². The summed E-state index contributed by atoms with van der Waals surface area (Å²) in [5, 5.41) is 0. The van der Waals surface area contributed by atoms with Gasteiger partial charge in [-0.15, -0.1) is 0 Å².